The lowest BCUT2D eigenvalue weighted by atomic mass is 10.0. The molecule has 0 aliphatic carbocycles. The maximum atomic E-state index is 12.2. The standard InChI is InChI=1S/C10H13F2NO/c1-6(13)9(14)7-2-4-8(5-3-7)10(11)12/h2-6,9-10,14H,13H2,1H3/t6-,9-/m0/s1. The zero-order chi connectivity index (χ0) is 10.7. The van der Waals surface area contributed by atoms with E-state index in [9.17, 15) is 13.9 Å². The summed E-state index contributed by atoms with van der Waals surface area (Å²) in [6, 6.07) is 5.12. The van der Waals surface area contributed by atoms with E-state index < -0.39 is 18.6 Å². The summed E-state index contributed by atoms with van der Waals surface area (Å²) < 4.78 is 24.3. The fourth-order valence-electron chi connectivity index (χ4n) is 1.14. The quantitative estimate of drug-likeness (QED) is 0.785. The number of nitrogens with two attached hydrogens (primary N) is 1. The molecule has 2 atom stereocenters. The third-order valence-corrected chi connectivity index (χ3v) is 2.03. The van der Waals surface area contributed by atoms with Crippen molar-refractivity contribution in [3.05, 3.63) is 35.4 Å². The lowest BCUT2D eigenvalue weighted by molar-refractivity contribution is 0.148. The second kappa shape index (κ2) is 4.48. The molecule has 1 aromatic rings. The molecule has 4 heteroatoms. The van der Waals surface area contributed by atoms with Gasteiger partial charge in [0.05, 0.1) is 6.10 Å². The Balaban J connectivity index is 2.83. The van der Waals surface area contributed by atoms with Crippen LogP contribution in [0.25, 0.3) is 0 Å². The summed E-state index contributed by atoms with van der Waals surface area (Å²) >= 11 is 0. The van der Waals surface area contributed by atoms with Crippen LogP contribution in [0.15, 0.2) is 24.3 Å². The van der Waals surface area contributed by atoms with E-state index in [-0.39, 0.29) is 5.56 Å². The summed E-state index contributed by atoms with van der Waals surface area (Å²) in [5, 5.41) is 9.51. The van der Waals surface area contributed by atoms with Crippen LogP contribution in [-0.4, -0.2) is 11.1 Å². The molecule has 0 unspecified atom stereocenters. The van der Waals surface area contributed by atoms with Crippen LogP contribution in [0.1, 0.15) is 30.6 Å². The van der Waals surface area contributed by atoms with E-state index in [0.717, 1.165) is 0 Å². The third kappa shape index (κ3) is 2.49. The molecule has 0 fully saturated rings. The topological polar surface area (TPSA) is 46.2 Å². The minimum atomic E-state index is -2.48. The van der Waals surface area contributed by atoms with Crippen LogP contribution < -0.4 is 5.73 Å². The van der Waals surface area contributed by atoms with Gasteiger partial charge in [0.25, 0.3) is 6.43 Å². The van der Waals surface area contributed by atoms with Gasteiger partial charge in [-0.1, -0.05) is 24.3 Å². The van der Waals surface area contributed by atoms with Crippen LogP contribution in [0.3, 0.4) is 0 Å². The molecule has 0 aliphatic rings. The smallest absolute Gasteiger partial charge is 0.263 e. The van der Waals surface area contributed by atoms with Gasteiger partial charge in [-0.15, -0.1) is 0 Å². The van der Waals surface area contributed by atoms with Gasteiger partial charge in [-0.05, 0) is 12.5 Å². The average Bonchev–Trinajstić information content (AvgIpc) is 2.16. The van der Waals surface area contributed by atoms with Crippen LogP contribution in [0, 0.1) is 0 Å². The first-order chi connectivity index (χ1) is 6.52. The van der Waals surface area contributed by atoms with Gasteiger partial charge in [-0.3, -0.25) is 0 Å². The molecular formula is C10H13F2NO. The molecule has 0 spiro atoms. The Morgan fingerprint density at radius 3 is 1.93 bits per heavy atom. The molecule has 0 saturated carbocycles. The Hall–Kier alpha value is -1.00. The summed E-state index contributed by atoms with van der Waals surface area (Å²) in [5.74, 6) is 0. The van der Waals surface area contributed by atoms with Crippen molar-refractivity contribution < 1.29 is 13.9 Å². The van der Waals surface area contributed by atoms with Crippen LogP contribution in [0.2, 0.25) is 0 Å². The van der Waals surface area contributed by atoms with Crippen LogP contribution >= 0.6 is 0 Å². The first-order valence-electron chi connectivity index (χ1n) is 4.34. The van der Waals surface area contributed by atoms with E-state index in [1.54, 1.807) is 6.92 Å². The van der Waals surface area contributed by atoms with Gasteiger partial charge >= 0.3 is 0 Å². The number of hydrogen-bond donors (Lipinski definition) is 2. The Morgan fingerprint density at radius 2 is 1.57 bits per heavy atom. The first kappa shape index (κ1) is 11.1. The van der Waals surface area contributed by atoms with E-state index in [0.29, 0.717) is 5.56 Å². The average molecular weight is 201 g/mol. The zero-order valence-corrected chi connectivity index (χ0v) is 7.82. The number of aliphatic hydroxyl groups excluding tert-OH is 1. The molecule has 3 N–H and O–H groups in total. The summed E-state index contributed by atoms with van der Waals surface area (Å²) in [5.41, 5.74) is 5.98. The van der Waals surface area contributed by atoms with Gasteiger partial charge in [0, 0.05) is 11.6 Å². The molecule has 0 bridgehead atoms. The fourth-order valence-corrected chi connectivity index (χ4v) is 1.14. The molecule has 0 heterocycles. The number of hydrogen-bond acceptors (Lipinski definition) is 2. The summed E-state index contributed by atoms with van der Waals surface area (Å²) in [7, 11) is 0. The predicted octanol–water partition coefficient (Wildman–Crippen LogP) is 2.00. The molecule has 0 aliphatic heterocycles. The summed E-state index contributed by atoms with van der Waals surface area (Å²) in [6.45, 7) is 1.66. The Labute approximate surface area is 81.4 Å². The molecule has 78 valence electrons. The van der Waals surface area contributed by atoms with Crippen LogP contribution in [-0.2, 0) is 0 Å². The van der Waals surface area contributed by atoms with Gasteiger partial charge in [-0.25, -0.2) is 8.78 Å². The van der Waals surface area contributed by atoms with E-state index in [4.69, 9.17) is 5.73 Å². The summed E-state index contributed by atoms with van der Waals surface area (Å²) in [4.78, 5) is 0. The largest absolute Gasteiger partial charge is 0.387 e. The third-order valence-electron chi connectivity index (χ3n) is 2.03. The van der Waals surface area contributed by atoms with Crippen LogP contribution in [0.4, 0.5) is 8.78 Å². The van der Waals surface area contributed by atoms with Gasteiger partial charge in [-0.2, -0.15) is 0 Å². The van der Waals surface area contributed by atoms with Gasteiger partial charge in [0.1, 0.15) is 0 Å². The number of aliphatic hydroxyl groups is 1. The molecule has 2 nitrogen and oxygen atoms in total. The predicted molar refractivity (Wildman–Crippen MR) is 50.0 cm³/mol. The second-order valence-electron chi connectivity index (χ2n) is 3.27. The number of halogens is 2. The van der Waals surface area contributed by atoms with Crippen molar-refractivity contribution in [2.45, 2.75) is 25.5 Å². The molecule has 14 heavy (non-hydrogen) atoms. The van der Waals surface area contributed by atoms with Crippen molar-refractivity contribution in [1.29, 1.82) is 0 Å². The van der Waals surface area contributed by atoms with Gasteiger partial charge in [0.2, 0.25) is 0 Å². The second-order valence-corrected chi connectivity index (χ2v) is 3.27. The van der Waals surface area contributed by atoms with Crippen LogP contribution in [0.5, 0.6) is 0 Å². The molecule has 0 saturated heterocycles. The minimum Gasteiger partial charge on any atom is -0.387 e. The highest BCUT2D eigenvalue weighted by Crippen LogP contribution is 2.22. The fraction of sp³-hybridized carbons (Fsp3) is 0.400. The van der Waals surface area contributed by atoms with Crippen molar-refractivity contribution in [2.75, 3.05) is 0 Å². The maximum absolute atomic E-state index is 12.2. The van der Waals surface area contributed by atoms with Crippen molar-refractivity contribution >= 4 is 0 Å². The highest BCUT2D eigenvalue weighted by molar-refractivity contribution is 5.25. The monoisotopic (exact) mass is 201 g/mol. The molecule has 1 aromatic carbocycles. The number of rotatable bonds is 3. The molecule has 0 amide bonds. The lowest BCUT2D eigenvalue weighted by Crippen LogP contribution is -2.24. The van der Waals surface area contributed by atoms with E-state index >= 15 is 0 Å². The molecule has 0 aromatic heterocycles. The Bertz CT molecular complexity index is 285. The normalized spacial score (nSPS) is 15.6. The highest BCUT2D eigenvalue weighted by atomic mass is 19.3. The highest BCUT2D eigenvalue weighted by Gasteiger charge is 2.13. The Morgan fingerprint density at radius 1 is 1.14 bits per heavy atom. The molecule has 0 radical (unpaired) electrons. The summed E-state index contributed by atoms with van der Waals surface area (Å²) in [6.07, 6.45) is -3.28. The maximum Gasteiger partial charge on any atom is 0.263 e. The SMILES string of the molecule is C[C@H](N)[C@H](O)c1ccc(C(F)F)cc1. The van der Waals surface area contributed by atoms with Crippen molar-refractivity contribution in [3.8, 4) is 0 Å². The lowest BCUT2D eigenvalue weighted by Gasteiger charge is -2.14. The van der Waals surface area contributed by atoms with E-state index in [2.05, 4.69) is 0 Å². The zero-order valence-electron chi connectivity index (χ0n) is 7.82. The number of alkyl halides is 2. The number of benzene rings is 1. The van der Waals surface area contributed by atoms with Gasteiger partial charge in [0.15, 0.2) is 0 Å². The van der Waals surface area contributed by atoms with Crippen molar-refractivity contribution in [2.24, 2.45) is 5.73 Å². The first-order valence-corrected chi connectivity index (χ1v) is 4.34. The van der Waals surface area contributed by atoms with E-state index in [1.807, 2.05) is 0 Å². The Kier molecular flexibility index (Phi) is 3.55. The van der Waals surface area contributed by atoms with Crippen molar-refractivity contribution in [3.63, 3.8) is 0 Å². The minimum absolute atomic E-state index is 0.0503. The van der Waals surface area contributed by atoms with Crippen molar-refractivity contribution in [1.82, 2.24) is 0 Å². The van der Waals surface area contributed by atoms with E-state index in [1.165, 1.54) is 24.3 Å². The van der Waals surface area contributed by atoms with Gasteiger partial charge < -0.3 is 10.8 Å². The molecular weight excluding hydrogens is 188 g/mol. The molecule has 1 rings (SSSR count).